The van der Waals surface area contributed by atoms with Gasteiger partial charge in [-0.25, -0.2) is 0 Å². The van der Waals surface area contributed by atoms with Crippen LogP contribution < -0.4 is 0 Å². The molecule has 0 fully saturated rings. The maximum atomic E-state index is 3.55. The maximum absolute atomic E-state index is 3.55. The third-order valence-electron chi connectivity index (χ3n) is 4.50. The van der Waals surface area contributed by atoms with Crippen molar-refractivity contribution in [2.45, 2.75) is 26.7 Å². The molecule has 0 saturated heterocycles. The SMILES string of the molecule is CC(Cc1ccccc1)C(C)Cc1cc2ccccc2[nH]1. The molecule has 108 valence electrons. The van der Waals surface area contributed by atoms with Gasteiger partial charge in [0.1, 0.15) is 0 Å². The molecule has 1 nitrogen and oxygen atoms in total. The summed E-state index contributed by atoms with van der Waals surface area (Å²) in [6.07, 6.45) is 2.27. The van der Waals surface area contributed by atoms with Crippen LogP contribution in [0.3, 0.4) is 0 Å². The van der Waals surface area contributed by atoms with Crippen molar-refractivity contribution in [3.05, 3.63) is 71.9 Å². The van der Waals surface area contributed by atoms with Crippen molar-refractivity contribution in [2.75, 3.05) is 0 Å². The van der Waals surface area contributed by atoms with Gasteiger partial charge in [0.25, 0.3) is 0 Å². The van der Waals surface area contributed by atoms with Crippen LogP contribution in [-0.4, -0.2) is 4.98 Å². The summed E-state index contributed by atoms with van der Waals surface area (Å²) in [6.45, 7) is 4.72. The van der Waals surface area contributed by atoms with E-state index >= 15 is 0 Å². The molecule has 1 heteroatoms. The van der Waals surface area contributed by atoms with E-state index in [1.165, 1.54) is 22.2 Å². The predicted octanol–water partition coefficient (Wildman–Crippen LogP) is 5.23. The zero-order valence-electron chi connectivity index (χ0n) is 12.8. The summed E-state index contributed by atoms with van der Waals surface area (Å²) >= 11 is 0. The van der Waals surface area contributed by atoms with Crippen LogP contribution in [0.1, 0.15) is 25.1 Å². The second-order valence-electron chi connectivity index (χ2n) is 6.23. The predicted molar refractivity (Wildman–Crippen MR) is 90.5 cm³/mol. The first-order valence-electron chi connectivity index (χ1n) is 7.83. The van der Waals surface area contributed by atoms with E-state index in [2.05, 4.69) is 79.5 Å². The average molecular weight is 277 g/mol. The molecule has 2 atom stereocenters. The van der Waals surface area contributed by atoms with Crippen LogP contribution in [0.25, 0.3) is 10.9 Å². The minimum Gasteiger partial charge on any atom is -0.358 e. The van der Waals surface area contributed by atoms with Crippen molar-refractivity contribution in [3.63, 3.8) is 0 Å². The van der Waals surface area contributed by atoms with Gasteiger partial charge in [-0.3, -0.25) is 0 Å². The number of hydrogen-bond donors (Lipinski definition) is 1. The number of rotatable bonds is 5. The summed E-state index contributed by atoms with van der Waals surface area (Å²) in [5.74, 6) is 1.34. The highest BCUT2D eigenvalue weighted by Gasteiger charge is 2.14. The number of benzene rings is 2. The van der Waals surface area contributed by atoms with Gasteiger partial charge in [0.2, 0.25) is 0 Å². The zero-order chi connectivity index (χ0) is 14.7. The highest BCUT2D eigenvalue weighted by atomic mass is 14.7. The van der Waals surface area contributed by atoms with Crippen molar-refractivity contribution in [3.8, 4) is 0 Å². The first kappa shape index (κ1) is 13.9. The van der Waals surface area contributed by atoms with Gasteiger partial charge in [0, 0.05) is 11.2 Å². The molecular formula is C20H23N. The smallest absolute Gasteiger partial charge is 0.0456 e. The second kappa shape index (κ2) is 6.17. The number of para-hydroxylation sites is 1. The molecule has 0 aliphatic rings. The standard InChI is InChI=1S/C20H23N/c1-15(12-17-8-4-3-5-9-17)16(2)13-19-14-18-10-6-7-11-20(18)21-19/h3-11,14-16,21H,12-13H2,1-2H3. The first-order chi connectivity index (χ1) is 10.2. The summed E-state index contributed by atoms with van der Waals surface area (Å²) in [4.78, 5) is 3.55. The molecule has 1 aromatic heterocycles. The molecule has 1 N–H and O–H groups in total. The van der Waals surface area contributed by atoms with Gasteiger partial charge in [0.15, 0.2) is 0 Å². The lowest BCUT2D eigenvalue weighted by atomic mass is 9.87. The number of H-pyrrole nitrogens is 1. The number of fused-ring (bicyclic) bond motifs is 1. The summed E-state index contributed by atoms with van der Waals surface area (Å²) in [5, 5.41) is 1.32. The van der Waals surface area contributed by atoms with Crippen molar-refractivity contribution in [1.29, 1.82) is 0 Å². The van der Waals surface area contributed by atoms with Gasteiger partial charge in [0.05, 0.1) is 0 Å². The molecule has 0 saturated carbocycles. The van der Waals surface area contributed by atoms with E-state index in [1.54, 1.807) is 0 Å². The highest BCUT2D eigenvalue weighted by Crippen LogP contribution is 2.23. The van der Waals surface area contributed by atoms with E-state index in [1.807, 2.05) is 0 Å². The van der Waals surface area contributed by atoms with Crippen LogP contribution in [0.4, 0.5) is 0 Å². The van der Waals surface area contributed by atoms with E-state index < -0.39 is 0 Å². The summed E-state index contributed by atoms with van der Waals surface area (Å²) in [7, 11) is 0. The third-order valence-corrected chi connectivity index (χ3v) is 4.50. The number of hydrogen-bond acceptors (Lipinski definition) is 0. The van der Waals surface area contributed by atoms with E-state index in [4.69, 9.17) is 0 Å². The highest BCUT2D eigenvalue weighted by molar-refractivity contribution is 5.80. The Morgan fingerprint density at radius 1 is 0.810 bits per heavy atom. The van der Waals surface area contributed by atoms with E-state index in [0.717, 1.165) is 12.8 Å². The minimum absolute atomic E-state index is 0.665. The fraction of sp³-hybridized carbons (Fsp3) is 0.300. The Bertz CT molecular complexity index is 663. The monoisotopic (exact) mass is 277 g/mol. The van der Waals surface area contributed by atoms with Gasteiger partial charge in [-0.05, 0) is 47.8 Å². The number of aromatic nitrogens is 1. The second-order valence-corrected chi connectivity index (χ2v) is 6.23. The van der Waals surface area contributed by atoms with Gasteiger partial charge < -0.3 is 4.98 Å². The first-order valence-corrected chi connectivity index (χ1v) is 7.83. The molecule has 0 spiro atoms. The molecule has 2 unspecified atom stereocenters. The van der Waals surface area contributed by atoms with Crippen LogP contribution in [0.2, 0.25) is 0 Å². The topological polar surface area (TPSA) is 15.8 Å². The van der Waals surface area contributed by atoms with Crippen LogP contribution in [0.5, 0.6) is 0 Å². The van der Waals surface area contributed by atoms with Gasteiger partial charge >= 0.3 is 0 Å². The lowest BCUT2D eigenvalue weighted by Gasteiger charge is -2.19. The molecular weight excluding hydrogens is 254 g/mol. The molecule has 0 aliphatic carbocycles. The van der Waals surface area contributed by atoms with Crippen molar-refractivity contribution >= 4 is 10.9 Å². The number of aromatic amines is 1. The molecule has 21 heavy (non-hydrogen) atoms. The fourth-order valence-electron chi connectivity index (χ4n) is 2.98. The average Bonchev–Trinajstić information content (AvgIpc) is 2.90. The minimum atomic E-state index is 0.665. The lowest BCUT2D eigenvalue weighted by Crippen LogP contribution is -2.13. The quantitative estimate of drug-likeness (QED) is 0.657. The summed E-state index contributed by atoms with van der Waals surface area (Å²) in [5.41, 5.74) is 4.03. The van der Waals surface area contributed by atoms with E-state index in [0.29, 0.717) is 11.8 Å². The van der Waals surface area contributed by atoms with Crippen molar-refractivity contribution in [1.82, 2.24) is 4.98 Å². The van der Waals surface area contributed by atoms with Crippen LogP contribution in [0.15, 0.2) is 60.7 Å². The van der Waals surface area contributed by atoms with Crippen LogP contribution in [0, 0.1) is 11.8 Å². The zero-order valence-corrected chi connectivity index (χ0v) is 12.8. The Labute approximate surface area is 127 Å². The van der Waals surface area contributed by atoms with Crippen LogP contribution >= 0.6 is 0 Å². The molecule has 1 heterocycles. The molecule has 0 amide bonds. The van der Waals surface area contributed by atoms with E-state index in [9.17, 15) is 0 Å². The van der Waals surface area contributed by atoms with E-state index in [-0.39, 0.29) is 0 Å². The van der Waals surface area contributed by atoms with Gasteiger partial charge in [-0.2, -0.15) is 0 Å². The normalized spacial score (nSPS) is 14.2. The lowest BCUT2D eigenvalue weighted by molar-refractivity contribution is 0.381. The van der Waals surface area contributed by atoms with Gasteiger partial charge in [-0.15, -0.1) is 0 Å². The van der Waals surface area contributed by atoms with Crippen LogP contribution in [-0.2, 0) is 12.8 Å². The number of nitrogens with one attached hydrogen (secondary N) is 1. The van der Waals surface area contributed by atoms with Gasteiger partial charge in [-0.1, -0.05) is 62.4 Å². The molecule has 3 rings (SSSR count). The molecule has 0 aliphatic heterocycles. The molecule has 2 aromatic carbocycles. The Kier molecular flexibility index (Phi) is 4.10. The third kappa shape index (κ3) is 3.36. The molecule has 0 radical (unpaired) electrons. The Balaban J connectivity index is 1.66. The largest absolute Gasteiger partial charge is 0.358 e. The Hall–Kier alpha value is -2.02. The summed E-state index contributed by atoms with van der Waals surface area (Å²) < 4.78 is 0. The Morgan fingerprint density at radius 2 is 1.48 bits per heavy atom. The fourth-order valence-corrected chi connectivity index (χ4v) is 2.98. The molecule has 0 bridgehead atoms. The summed E-state index contributed by atoms with van der Waals surface area (Å²) in [6, 6.07) is 21.6. The Morgan fingerprint density at radius 3 is 2.24 bits per heavy atom. The van der Waals surface area contributed by atoms with Crippen molar-refractivity contribution < 1.29 is 0 Å². The maximum Gasteiger partial charge on any atom is 0.0456 e. The molecule has 3 aromatic rings. The van der Waals surface area contributed by atoms with Crippen molar-refractivity contribution in [2.24, 2.45) is 11.8 Å².